The van der Waals surface area contributed by atoms with Crippen LogP contribution in [0.4, 0.5) is 10.3 Å². The Hall–Kier alpha value is -2.21. The smallest absolute Gasteiger partial charge is 0.225 e. The maximum atomic E-state index is 13.2. The fourth-order valence-corrected chi connectivity index (χ4v) is 2.22. The molecule has 0 spiro atoms. The Morgan fingerprint density at radius 2 is 2.20 bits per heavy atom. The number of anilines is 1. The molecule has 0 atom stereocenters. The summed E-state index contributed by atoms with van der Waals surface area (Å²) in [4.78, 5) is 8.74. The molecule has 0 aliphatic rings. The molecule has 7 heteroatoms. The van der Waals surface area contributed by atoms with E-state index in [4.69, 9.17) is 11.6 Å². The van der Waals surface area contributed by atoms with Crippen LogP contribution in [0.3, 0.4) is 0 Å². The molecule has 0 aliphatic carbocycles. The van der Waals surface area contributed by atoms with Gasteiger partial charge in [-0.1, -0.05) is 11.6 Å². The van der Waals surface area contributed by atoms with Crippen molar-refractivity contribution in [1.82, 2.24) is 20.2 Å². The van der Waals surface area contributed by atoms with Crippen LogP contribution in [0.1, 0.15) is 6.92 Å². The number of aromatic nitrogens is 4. The maximum absolute atomic E-state index is 13.2. The number of nitrogens with zero attached hydrogens (tertiary/aromatic N) is 3. The lowest BCUT2D eigenvalue weighted by Gasteiger charge is -2.08. The lowest BCUT2D eigenvalue weighted by Crippen LogP contribution is -2.03. The third-order valence-corrected chi connectivity index (χ3v) is 3.14. The molecule has 0 unspecified atom stereocenters. The topological polar surface area (TPSA) is 66.5 Å². The predicted octanol–water partition coefficient (Wildman–Crippen LogP) is 3.24. The molecule has 1 aromatic carbocycles. The van der Waals surface area contributed by atoms with Gasteiger partial charge in [0.2, 0.25) is 5.95 Å². The molecule has 20 heavy (non-hydrogen) atoms. The number of benzene rings is 1. The molecule has 2 N–H and O–H groups in total. The number of hydrogen-bond acceptors (Lipinski definition) is 4. The third-order valence-electron chi connectivity index (χ3n) is 2.83. The molecule has 0 aliphatic heterocycles. The van der Waals surface area contributed by atoms with Gasteiger partial charge in [-0.25, -0.2) is 9.37 Å². The first-order valence-corrected chi connectivity index (χ1v) is 6.47. The zero-order valence-corrected chi connectivity index (χ0v) is 11.4. The minimum absolute atomic E-state index is 0.300. The van der Waals surface area contributed by atoms with E-state index in [0.29, 0.717) is 34.4 Å². The van der Waals surface area contributed by atoms with Crippen molar-refractivity contribution < 1.29 is 4.39 Å². The summed E-state index contributed by atoms with van der Waals surface area (Å²) in [7, 11) is 0. The highest BCUT2D eigenvalue weighted by Gasteiger charge is 2.14. The van der Waals surface area contributed by atoms with Gasteiger partial charge in [0.1, 0.15) is 5.82 Å². The van der Waals surface area contributed by atoms with E-state index in [-0.39, 0.29) is 5.82 Å². The van der Waals surface area contributed by atoms with Crippen molar-refractivity contribution in [2.45, 2.75) is 6.92 Å². The Labute approximate surface area is 119 Å². The van der Waals surface area contributed by atoms with E-state index in [1.807, 2.05) is 6.92 Å². The van der Waals surface area contributed by atoms with Gasteiger partial charge in [-0.15, -0.1) is 0 Å². The third kappa shape index (κ3) is 2.18. The summed E-state index contributed by atoms with van der Waals surface area (Å²) in [6, 6.07) is 4.21. The average molecular weight is 292 g/mol. The lowest BCUT2D eigenvalue weighted by molar-refractivity contribution is 0.628. The molecule has 0 amide bonds. The average Bonchev–Trinajstić information content (AvgIpc) is 2.86. The number of hydrogen-bond donors (Lipinski definition) is 2. The SMILES string of the molecule is CCNc1nc(-c2ccc(F)cc2Cl)c2cn[nH]c2n1. The second-order valence-electron chi connectivity index (χ2n) is 4.18. The Morgan fingerprint density at radius 1 is 1.35 bits per heavy atom. The zero-order chi connectivity index (χ0) is 14.1. The largest absolute Gasteiger partial charge is 0.354 e. The van der Waals surface area contributed by atoms with E-state index in [2.05, 4.69) is 25.5 Å². The van der Waals surface area contributed by atoms with Gasteiger partial charge in [-0.3, -0.25) is 5.10 Å². The van der Waals surface area contributed by atoms with Crippen molar-refractivity contribution in [2.75, 3.05) is 11.9 Å². The van der Waals surface area contributed by atoms with Crippen molar-refractivity contribution in [1.29, 1.82) is 0 Å². The monoisotopic (exact) mass is 291 g/mol. The summed E-state index contributed by atoms with van der Waals surface area (Å²) < 4.78 is 13.2. The van der Waals surface area contributed by atoms with E-state index in [0.717, 1.165) is 5.39 Å². The molecule has 2 aromatic heterocycles. The normalized spacial score (nSPS) is 10.9. The van der Waals surface area contributed by atoms with E-state index >= 15 is 0 Å². The summed E-state index contributed by atoms with van der Waals surface area (Å²) in [6.45, 7) is 2.64. The second-order valence-corrected chi connectivity index (χ2v) is 4.59. The Bertz CT molecular complexity index is 771. The van der Waals surface area contributed by atoms with Crippen LogP contribution in [-0.2, 0) is 0 Å². The van der Waals surface area contributed by atoms with Crippen molar-refractivity contribution in [3.05, 3.63) is 35.2 Å². The quantitative estimate of drug-likeness (QED) is 0.777. The first-order valence-electron chi connectivity index (χ1n) is 6.09. The van der Waals surface area contributed by atoms with E-state index in [1.165, 1.54) is 12.1 Å². The molecular weight excluding hydrogens is 281 g/mol. The van der Waals surface area contributed by atoms with Crippen LogP contribution in [0.15, 0.2) is 24.4 Å². The van der Waals surface area contributed by atoms with E-state index < -0.39 is 0 Å². The zero-order valence-electron chi connectivity index (χ0n) is 10.6. The minimum Gasteiger partial charge on any atom is -0.354 e. The fraction of sp³-hybridized carbons (Fsp3) is 0.154. The number of fused-ring (bicyclic) bond motifs is 1. The van der Waals surface area contributed by atoms with Crippen LogP contribution in [0.2, 0.25) is 5.02 Å². The van der Waals surface area contributed by atoms with Crippen LogP contribution in [-0.4, -0.2) is 26.7 Å². The highest BCUT2D eigenvalue weighted by Crippen LogP contribution is 2.32. The lowest BCUT2D eigenvalue weighted by atomic mass is 10.1. The Morgan fingerprint density at radius 3 is 2.95 bits per heavy atom. The van der Waals surface area contributed by atoms with Gasteiger partial charge in [0.25, 0.3) is 0 Å². The molecule has 102 valence electrons. The summed E-state index contributed by atoms with van der Waals surface area (Å²) in [5, 5.41) is 10.8. The van der Waals surface area contributed by atoms with E-state index in [1.54, 1.807) is 12.3 Å². The van der Waals surface area contributed by atoms with Crippen LogP contribution in [0.25, 0.3) is 22.3 Å². The summed E-state index contributed by atoms with van der Waals surface area (Å²) in [5.74, 6) is 0.0859. The molecule has 5 nitrogen and oxygen atoms in total. The predicted molar refractivity (Wildman–Crippen MR) is 76.3 cm³/mol. The van der Waals surface area contributed by atoms with Gasteiger partial charge >= 0.3 is 0 Å². The molecule has 0 saturated carbocycles. The molecule has 2 heterocycles. The Kier molecular flexibility index (Phi) is 3.23. The number of aromatic amines is 1. The van der Waals surface area contributed by atoms with Crippen LogP contribution in [0.5, 0.6) is 0 Å². The molecule has 0 fully saturated rings. The molecule has 0 radical (unpaired) electrons. The number of rotatable bonds is 3. The van der Waals surface area contributed by atoms with Gasteiger partial charge in [0.05, 0.1) is 22.3 Å². The number of halogens is 2. The highest BCUT2D eigenvalue weighted by atomic mass is 35.5. The Balaban J connectivity index is 2.25. The molecular formula is C13H11ClFN5. The summed E-state index contributed by atoms with van der Waals surface area (Å²) >= 11 is 6.11. The van der Waals surface area contributed by atoms with Crippen LogP contribution < -0.4 is 5.32 Å². The molecule has 3 rings (SSSR count). The summed E-state index contributed by atoms with van der Waals surface area (Å²) in [6.07, 6.45) is 1.63. The summed E-state index contributed by atoms with van der Waals surface area (Å²) in [5.41, 5.74) is 1.86. The van der Waals surface area contributed by atoms with Crippen molar-refractivity contribution in [3.8, 4) is 11.3 Å². The number of nitrogens with one attached hydrogen (secondary N) is 2. The van der Waals surface area contributed by atoms with Crippen molar-refractivity contribution in [3.63, 3.8) is 0 Å². The van der Waals surface area contributed by atoms with Gasteiger partial charge in [-0.05, 0) is 25.1 Å². The standard InChI is InChI=1S/C13H11ClFN5/c1-2-16-13-18-11(9-6-17-20-12(9)19-13)8-4-3-7(15)5-10(8)14/h3-6H,2H2,1H3,(H2,16,17,18,19,20). The fourth-order valence-electron chi connectivity index (χ4n) is 1.96. The number of H-pyrrole nitrogens is 1. The van der Waals surface area contributed by atoms with Gasteiger partial charge in [0, 0.05) is 12.1 Å². The van der Waals surface area contributed by atoms with Gasteiger partial charge in [-0.2, -0.15) is 10.1 Å². The van der Waals surface area contributed by atoms with Crippen molar-refractivity contribution in [2.24, 2.45) is 0 Å². The van der Waals surface area contributed by atoms with E-state index in [9.17, 15) is 4.39 Å². The molecule has 0 bridgehead atoms. The highest BCUT2D eigenvalue weighted by molar-refractivity contribution is 6.33. The van der Waals surface area contributed by atoms with Crippen molar-refractivity contribution >= 4 is 28.6 Å². The molecule has 3 aromatic rings. The van der Waals surface area contributed by atoms with Gasteiger partial charge < -0.3 is 5.32 Å². The maximum Gasteiger partial charge on any atom is 0.225 e. The van der Waals surface area contributed by atoms with Crippen LogP contribution >= 0.6 is 11.6 Å². The van der Waals surface area contributed by atoms with Crippen LogP contribution in [0, 0.1) is 5.82 Å². The first kappa shape index (κ1) is 12.8. The first-order chi connectivity index (χ1) is 9.69. The van der Waals surface area contributed by atoms with Gasteiger partial charge in [0.15, 0.2) is 5.65 Å². The second kappa shape index (κ2) is 5.05. The molecule has 0 saturated heterocycles. The minimum atomic E-state index is -0.386.